The van der Waals surface area contributed by atoms with E-state index in [-0.39, 0.29) is 17.9 Å². The summed E-state index contributed by atoms with van der Waals surface area (Å²) in [7, 11) is 0. The van der Waals surface area contributed by atoms with Crippen LogP contribution in [-0.2, 0) is 0 Å². The Bertz CT molecular complexity index is 1270. The molecule has 0 saturated carbocycles. The maximum Gasteiger partial charge on any atom is 0.276 e. The van der Waals surface area contributed by atoms with Gasteiger partial charge in [-0.2, -0.15) is 9.99 Å². The fourth-order valence-corrected chi connectivity index (χ4v) is 4.06. The molecule has 3 atom stereocenters. The highest BCUT2D eigenvalue weighted by Crippen LogP contribution is 2.56. The quantitative estimate of drug-likeness (QED) is 0.377. The van der Waals surface area contributed by atoms with Gasteiger partial charge in [0.1, 0.15) is 6.04 Å². The van der Waals surface area contributed by atoms with Crippen molar-refractivity contribution in [3.05, 3.63) is 102 Å². The highest BCUT2D eigenvalue weighted by Gasteiger charge is 2.61. The Hall–Kier alpha value is -4.17. The van der Waals surface area contributed by atoms with Gasteiger partial charge in [-0.3, -0.25) is 14.6 Å². The van der Waals surface area contributed by atoms with Crippen LogP contribution in [0.3, 0.4) is 0 Å². The Morgan fingerprint density at radius 2 is 1.42 bits per heavy atom. The average molecular weight is 409 g/mol. The number of nitrogens with zero attached hydrogens (tertiary/aromatic N) is 5. The molecule has 2 aromatic heterocycles. The molecule has 1 saturated heterocycles. The van der Waals surface area contributed by atoms with Gasteiger partial charge in [0.25, 0.3) is 11.8 Å². The summed E-state index contributed by atoms with van der Waals surface area (Å²) in [5, 5.41) is 7.00. The highest BCUT2D eigenvalue weighted by atomic mass is 16.5. The molecule has 2 aromatic carbocycles. The van der Waals surface area contributed by atoms with E-state index in [1.165, 1.54) is 5.01 Å². The first kappa shape index (κ1) is 17.7. The van der Waals surface area contributed by atoms with Crippen LogP contribution in [0.25, 0.3) is 11.4 Å². The molecule has 2 aliphatic heterocycles. The summed E-state index contributed by atoms with van der Waals surface area (Å²) < 4.78 is 5.56. The number of hydrazine groups is 1. The fraction of sp³-hybridized carbons (Fsp3) is 0.0870. The van der Waals surface area contributed by atoms with Crippen LogP contribution < -0.4 is 0 Å². The van der Waals surface area contributed by atoms with Crippen LogP contribution in [0.5, 0.6) is 0 Å². The topological polar surface area (TPSA) is 92.2 Å². The first-order chi connectivity index (χ1) is 15.2. The molecule has 150 valence electrons. The highest BCUT2D eigenvalue weighted by molar-refractivity contribution is 6.21. The summed E-state index contributed by atoms with van der Waals surface area (Å²) >= 11 is 0. The third-order valence-corrected chi connectivity index (χ3v) is 5.56. The summed E-state index contributed by atoms with van der Waals surface area (Å²) in [4.78, 5) is 34.7. The summed E-state index contributed by atoms with van der Waals surface area (Å²) in [6.07, 6.45) is 3.31. The lowest BCUT2D eigenvalue weighted by atomic mass is 10.1. The SMILES string of the molecule is O=C1c2ccccc2C(=O)N1N1C(c2ccccc2)C1c1nc(-c2ccncc2)no1. The van der Waals surface area contributed by atoms with Gasteiger partial charge in [-0.25, -0.2) is 5.01 Å². The van der Waals surface area contributed by atoms with Crippen molar-refractivity contribution in [1.82, 2.24) is 25.1 Å². The molecule has 0 bridgehead atoms. The number of rotatable bonds is 4. The van der Waals surface area contributed by atoms with Crippen molar-refractivity contribution in [2.24, 2.45) is 0 Å². The van der Waals surface area contributed by atoms with E-state index in [0.29, 0.717) is 22.8 Å². The molecule has 0 N–H and O–H groups in total. The third kappa shape index (κ3) is 2.69. The van der Waals surface area contributed by atoms with Gasteiger partial charge < -0.3 is 4.52 Å². The van der Waals surface area contributed by atoms with Crippen molar-refractivity contribution in [2.45, 2.75) is 12.1 Å². The van der Waals surface area contributed by atoms with E-state index < -0.39 is 6.04 Å². The fourth-order valence-electron chi connectivity index (χ4n) is 4.06. The molecule has 31 heavy (non-hydrogen) atoms. The molecule has 1 fully saturated rings. The first-order valence-electron chi connectivity index (χ1n) is 9.79. The van der Waals surface area contributed by atoms with Crippen molar-refractivity contribution < 1.29 is 14.1 Å². The minimum absolute atomic E-state index is 0.269. The van der Waals surface area contributed by atoms with E-state index in [9.17, 15) is 9.59 Å². The minimum Gasteiger partial charge on any atom is -0.337 e. The number of hydrogen-bond acceptors (Lipinski definition) is 7. The summed E-state index contributed by atoms with van der Waals surface area (Å²) in [6.45, 7) is 0. The predicted molar refractivity (Wildman–Crippen MR) is 108 cm³/mol. The Morgan fingerprint density at radius 3 is 2.10 bits per heavy atom. The van der Waals surface area contributed by atoms with Crippen molar-refractivity contribution >= 4 is 11.8 Å². The number of amides is 2. The monoisotopic (exact) mass is 409 g/mol. The zero-order valence-electron chi connectivity index (χ0n) is 16.1. The Morgan fingerprint density at radius 1 is 0.774 bits per heavy atom. The van der Waals surface area contributed by atoms with E-state index in [1.54, 1.807) is 53.8 Å². The van der Waals surface area contributed by atoms with Gasteiger partial charge in [-0.1, -0.05) is 47.6 Å². The number of carbonyl (C=O) groups is 2. The van der Waals surface area contributed by atoms with E-state index >= 15 is 0 Å². The normalized spacial score (nSPS) is 21.9. The second-order valence-corrected chi connectivity index (χ2v) is 7.34. The number of carbonyl (C=O) groups excluding carboxylic acids is 2. The number of hydrogen-bond donors (Lipinski definition) is 0. The second-order valence-electron chi connectivity index (χ2n) is 7.34. The maximum atomic E-state index is 13.1. The standard InChI is InChI=1S/C23H15N5O3/c29-22-16-8-4-5-9-17(16)23(30)28(22)27-18(14-6-2-1-3-7-14)19(27)21-25-20(26-31-21)15-10-12-24-13-11-15/h1-13,18-19H. The molecule has 8 heteroatoms. The van der Waals surface area contributed by atoms with Crippen LogP contribution in [-0.4, -0.2) is 37.0 Å². The van der Waals surface area contributed by atoms with Crippen molar-refractivity contribution in [3.8, 4) is 11.4 Å². The van der Waals surface area contributed by atoms with Crippen LogP contribution in [0.4, 0.5) is 0 Å². The van der Waals surface area contributed by atoms with E-state index in [2.05, 4.69) is 15.1 Å². The van der Waals surface area contributed by atoms with Crippen LogP contribution in [0.1, 0.15) is 44.3 Å². The van der Waals surface area contributed by atoms with Gasteiger partial charge in [-0.15, -0.1) is 0 Å². The smallest absolute Gasteiger partial charge is 0.276 e. The Kier molecular flexibility index (Phi) is 3.81. The molecular weight excluding hydrogens is 394 g/mol. The Balaban J connectivity index is 1.39. The van der Waals surface area contributed by atoms with Gasteiger partial charge >= 0.3 is 0 Å². The molecule has 2 aliphatic rings. The third-order valence-electron chi connectivity index (χ3n) is 5.56. The lowest BCUT2D eigenvalue weighted by Crippen LogP contribution is -2.35. The van der Waals surface area contributed by atoms with Gasteiger partial charge in [-0.05, 0) is 29.8 Å². The molecular formula is C23H15N5O3. The molecule has 8 nitrogen and oxygen atoms in total. The minimum atomic E-state index is -0.423. The van der Waals surface area contributed by atoms with Gasteiger partial charge in [0, 0.05) is 18.0 Å². The summed E-state index contributed by atoms with van der Waals surface area (Å²) in [6, 6.07) is 19.4. The van der Waals surface area contributed by atoms with Crippen molar-refractivity contribution in [3.63, 3.8) is 0 Å². The van der Waals surface area contributed by atoms with Gasteiger partial charge in [0.2, 0.25) is 11.7 Å². The zero-order valence-corrected chi connectivity index (χ0v) is 16.1. The van der Waals surface area contributed by atoms with Crippen molar-refractivity contribution in [1.29, 1.82) is 0 Å². The summed E-state index contributed by atoms with van der Waals surface area (Å²) in [5.41, 5.74) is 2.52. The lowest BCUT2D eigenvalue weighted by molar-refractivity contribution is 0.0332. The molecule has 0 radical (unpaired) electrons. The van der Waals surface area contributed by atoms with E-state index in [4.69, 9.17) is 4.52 Å². The van der Waals surface area contributed by atoms with Crippen LogP contribution in [0, 0.1) is 0 Å². The molecule has 0 aliphatic carbocycles. The molecule has 4 aromatic rings. The van der Waals surface area contributed by atoms with Gasteiger partial charge in [0.15, 0.2) is 0 Å². The number of pyridine rings is 1. The predicted octanol–water partition coefficient (Wildman–Crippen LogP) is 3.44. The zero-order chi connectivity index (χ0) is 20.9. The number of fused-ring (bicyclic) bond motifs is 1. The van der Waals surface area contributed by atoms with Crippen LogP contribution in [0.2, 0.25) is 0 Å². The molecule has 2 amide bonds. The largest absolute Gasteiger partial charge is 0.337 e. The number of benzene rings is 2. The van der Waals surface area contributed by atoms with Crippen molar-refractivity contribution in [2.75, 3.05) is 0 Å². The van der Waals surface area contributed by atoms with E-state index in [0.717, 1.165) is 11.1 Å². The average Bonchev–Trinajstić information content (AvgIpc) is 3.23. The number of imide groups is 1. The number of aromatic nitrogens is 3. The van der Waals surface area contributed by atoms with Crippen LogP contribution in [0.15, 0.2) is 83.6 Å². The van der Waals surface area contributed by atoms with E-state index in [1.807, 2.05) is 30.3 Å². The lowest BCUT2D eigenvalue weighted by Gasteiger charge is -2.16. The maximum absolute atomic E-state index is 13.1. The summed E-state index contributed by atoms with van der Waals surface area (Å²) in [5.74, 6) is 0.0754. The molecule has 3 unspecified atom stereocenters. The Labute approximate surface area is 176 Å². The molecule has 6 rings (SSSR count). The molecule has 4 heterocycles. The van der Waals surface area contributed by atoms with Crippen LogP contribution >= 0.6 is 0 Å². The molecule has 0 spiro atoms. The van der Waals surface area contributed by atoms with Gasteiger partial charge in [0.05, 0.1) is 17.2 Å². The second kappa shape index (κ2) is 6.68. The first-order valence-corrected chi connectivity index (χ1v) is 9.79.